The summed E-state index contributed by atoms with van der Waals surface area (Å²) in [6, 6.07) is 9.28. The molecule has 0 spiro atoms. The molecule has 2 nitrogen and oxygen atoms in total. The fraction of sp³-hybridized carbons (Fsp3) is 0.364. The number of allylic oxidation sites excluding steroid dienone is 2. The second kappa shape index (κ2) is 6.42. The van der Waals surface area contributed by atoms with Gasteiger partial charge in [-0.25, -0.2) is 0 Å². The number of Topliss-reactive ketones (excluding diaryl/α,β-unsaturated/α-hetero) is 1. The highest BCUT2D eigenvalue weighted by atomic mass is 35.5. The predicted octanol–water partition coefficient (Wildman–Crippen LogP) is 5.99. The fourth-order valence-electron chi connectivity index (χ4n) is 4.55. The maximum absolute atomic E-state index is 13.5. The molecule has 0 amide bonds. The zero-order chi connectivity index (χ0) is 17.6. The normalized spacial score (nSPS) is 21.9. The largest absolute Gasteiger partial charge is 0.289 e. The van der Waals surface area contributed by atoms with Gasteiger partial charge in [0.1, 0.15) is 0 Å². The van der Waals surface area contributed by atoms with E-state index < -0.39 is 0 Å². The second-order valence-corrected chi connectivity index (χ2v) is 7.58. The van der Waals surface area contributed by atoms with Gasteiger partial charge >= 0.3 is 0 Å². The molecule has 0 saturated heterocycles. The number of benzene rings is 1. The Balaban J connectivity index is 1.92. The third-order valence-electron chi connectivity index (χ3n) is 5.74. The Morgan fingerprint density at radius 1 is 1.20 bits per heavy atom. The molecular formula is C22H22ClNO. The van der Waals surface area contributed by atoms with Gasteiger partial charge in [0, 0.05) is 33.8 Å². The molecule has 4 rings (SSSR count). The van der Waals surface area contributed by atoms with Crippen molar-refractivity contribution in [2.75, 3.05) is 0 Å². The maximum Gasteiger partial charge on any atom is 0.193 e. The van der Waals surface area contributed by atoms with E-state index in [0.29, 0.717) is 22.4 Å². The van der Waals surface area contributed by atoms with Gasteiger partial charge in [-0.2, -0.15) is 0 Å². The highest BCUT2D eigenvalue weighted by molar-refractivity contribution is 6.32. The fourth-order valence-corrected chi connectivity index (χ4v) is 4.68. The minimum absolute atomic E-state index is 0.117. The van der Waals surface area contributed by atoms with Crippen LogP contribution >= 0.6 is 11.6 Å². The molecule has 1 aromatic heterocycles. The summed E-state index contributed by atoms with van der Waals surface area (Å²) in [4.78, 5) is 18.2. The van der Waals surface area contributed by atoms with Crippen LogP contribution in [0.4, 0.5) is 0 Å². The van der Waals surface area contributed by atoms with Crippen molar-refractivity contribution in [3.8, 4) is 0 Å². The van der Waals surface area contributed by atoms with E-state index in [0.717, 1.165) is 35.2 Å². The molecular weight excluding hydrogens is 330 g/mol. The monoisotopic (exact) mass is 351 g/mol. The van der Waals surface area contributed by atoms with E-state index in [1.807, 2.05) is 24.4 Å². The van der Waals surface area contributed by atoms with Crippen LogP contribution in [0.25, 0.3) is 5.57 Å². The number of carbonyl (C=O) groups excluding carboxylic acids is 1. The molecule has 1 heterocycles. The molecule has 1 aromatic carbocycles. The van der Waals surface area contributed by atoms with Crippen LogP contribution in [0.1, 0.15) is 65.7 Å². The molecule has 1 fully saturated rings. The molecule has 2 atom stereocenters. The third kappa shape index (κ3) is 2.64. The Morgan fingerprint density at radius 3 is 2.68 bits per heavy atom. The number of nitrogens with zero attached hydrogens (tertiary/aromatic N) is 1. The highest BCUT2D eigenvalue weighted by Gasteiger charge is 2.41. The van der Waals surface area contributed by atoms with Crippen LogP contribution in [0.15, 0.2) is 42.1 Å². The van der Waals surface area contributed by atoms with Gasteiger partial charge in [0.05, 0.1) is 5.69 Å². The summed E-state index contributed by atoms with van der Waals surface area (Å²) in [5.74, 6) is 0.922. The van der Waals surface area contributed by atoms with E-state index in [2.05, 4.69) is 13.8 Å². The van der Waals surface area contributed by atoms with Crippen LogP contribution < -0.4 is 0 Å². The molecule has 2 aliphatic rings. The number of fused-ring (bicyclic) bond motifs is 3. The number of carbonyl (C=O) groups is 1. The first-order chi connectivity index (χ1) is 12.1. The number of rotatable bonds is 3. The first-order valence-electron chi connectivity index (χ1n) is 9.12. The summed E-state index contributed by atoms with van der Waals surface area (Å²) in [6.45, 7) is 4.32. The first kappa shape index (κ1) is 16.5. The Bertz CT molecular complexity index is 866. The molecule has 2 aliphatic carbocycles. The Morgan fingerprint density at radius 2 is 1.96 bits per heavy atom. The molecule has 25 heavy (non-hydrogen) atoms. The van der Waals surface area contributed by atoms with Crippen molar-refractivity contribution in [3.05, 3.63) is 69.5 Å². The Hall–Kier alpha value is -1.93. The maximum atomic E-state index is 13.5. The number of pyridine rings is 1. The van der Waals surface area contributed by atoms with Gasteiger partial charge in [-0.3, -0.25) is 9.78 Å². The Kier molecular flexibility index (Phi) is 4.24. The topological polar surface area (TPSA) is 30.0 Å². The molecule has 128 valence electrons. The number of aryl methyl sites for hydroxylation is 1. The highest BCUT2D eigenvalue weighted by Crippen LogP contribution is 2.53. The van der Waals surface area contributed by atoms with Crippen molar-refractivity contribution < 1.29 is 4.79 Å². The van der Waals surface area contributed by atoms with Crippen molar-refractivity contribution >= 4 is 23.0 Å². The number of aromatic nitrogens is 1. The summed E-state index contributed by atoms with van der Waals surface area (Å²) >= 11 is 6.01. The zero-order valence-electron chi connectivity index (χ0n) is 14.7. The number of halogens is 1. The van der Waals surface area contributed by atoms with E-state index in [-0.39, 0.29) is 5.78 Å². The lowest BCUT2D eigenvalue weighted by Crippen LogP contribution is -2.17. The van der Waals surface area contributed by atoms with Crippen LogP contribution in [0.3, 0.4) is 0 Å². The van der Waals surface area contributed by atoms with Crippen LogP contribution in [0.5, 0.6) is 0 Å². The van der Waals surface area contributed by atoms with Gasteiger partial charge in [-0.1, -0.05) is 24.9 Å². The van der Waals surface area contributed by atoms with Gasteiger partial charge in [0.2, 0.25) is 0 Å². The lowest BCUT2D eigenvalue weighted by atomic mass is 9.75. The summed E-state index contributed by atoms with van der Waals surface area (Å²) in [5, 5.41) is 0.654. The molecule has 1 saturated carbocycles. The van der Waals surface area contributed by atoms with Crippen LogP contribution in [0, 0.1) is 12.8 Å². The van der Waals surface area contributed by atoms with E-state index in [1.54, 1.807) is 12.1 Å². The molecule has 0 aliphatic heterocycles. The predicted molar refractivity (Wildman–Crippen MR) is 102 cm³/mol. The third-order valence-corrected chi connectivity index (χ3v) is 6.00. The van der Waals surface area contributed by atoms with E-state index >= 15 is 0 Å². The lowest BCUT2D eigenvalue weighted by Gasteiger charge is -2.29. The summed E-state index contributed by atoms with van der Waals surface area (Å²) in [6.07, 6.45) is 6.46. The molecule has 0 radical (unpaired) electrons. The number of hydrogen-bond acceptors (Lipinski definition) is 2. The molecule has 2 aromatic rings. The minimum Gasteiger partial charge on any atom is -0.289 e. The standard InChI is InChI=1S/C22H22ClNO/c1-3-14-5-4-6-17-19(14)20(18-13(2)11-12-24-21(17)18)22(25)15-7-9-16(23)10-8-15/h7-12,14,17H,3-6H2,1-2H3. The average molecular weight is 352 g/mol. The molecule has 0 N–H and O–H groups in total. The quantitative estimate of drug-likeness (QED) is 0.636. The van der Waals surface area contributed by atoms with E-state index in [9.17, 15) is 4.79 Å². The number of ketones is 1. The molecule has 3 heteroatoms. The lowest BCUT2D eigenvalue weighted by molar-refractivity contribution is 0.105. The van der Waals surface area contributed by atoms with Crippen LogP contribution in [0.2, 0.25) is 5.02 Å². The van der Waals surface area contributed by atoms with Crippen molar-refractivity contribution in [2.45, 2.75) is 45.4 Å². The zero-order valence-corrected chi connectivity index (χ0v) is 15.4. The second-order valence-electron chi connectivity index (χ2n) is 7.14. The smallest absolute Gasteiger partial charge is 0.193 e. The average Bonchev–Trinajstić information content (AvgIpc) is 2.98. The van der Waals surface area contributed by atoms with Crippen molar-refractivity contribution in [1.29, 1.82) is 0 Å². The van der Waals surface area contributed by atoms with Crippen LogP contribution in [-0.4, -0.2) is 10.8 Å². The van der Waals surface area contributed by atoms with Crippen molar-refractivity contribution in [1.82, 2.24) is 4.98 Å². The van der Waals surface area contributed by atoms with Crippen molar-refractivity contribution in [3.63, 3.8) is 0 Å². The molecule has 2 unspecified atom stereocenters. The van der Waals surface area contributed by atoms with E-state index in [1.165, 1.54) is 18.4 Å². The van der Waals surface area contributed by atoms with Crippen molar-refractivity contribution in [2.24, 2.45) is 5.92 Å². The minimum atomic E-state index is 0.117. The van der Waals surface area contributed by atoms with Gasteiger partial charge in [-0.05, 0) is 73.6 Å². The van der Waals surface area contributed by atoms with Gasteiger partial charge in [0.15, 0.2) is 5.78 Å². The summed E-state index contributed by atoms with van der Waals surface area (Å²) < 4.78 is 0. The Labute approximate surface area is 153 Å². The molecule has 0 bridgehead atoms. The summed E-state index contributed by atoms with van der Waals surface area (Å²) in [5.41, 5.74) is 6.32. The van der Waals surface area contributed by atoms with Crippen LogP contribution in [-0.2, 0) is 0 Å². The number of hydrogen-bond donors (Lipinski definition) is 0. The van der Waals surface area contributed by atoms with E-state index in [4.69, 9.17) is 16.6 Å². The van der Waals surface area contributed by atoms with Gasteiger partial charge in [-0.15, -0.1) is 0 Å². The first-order valence-corrected chi connectivity index (χ1v) is 9.49. The SMILES string of the molecule is CCC1CCCC2C1=C(C(=O)c1ccc(Cl)cc1)c1c(C)ccnc12. The van der Waals surface area contributed by atoms with Gasteiger partial charge in [0.25, 0.3) is 0 Å². The van der Waals surface area contributed by atoms with Gasteiger partial charge < -0.3 is 0 Å². The summed E-state index contributed by atoms with van der Waals surface area (Å²) in [7, 11) is 0.